The Bertz CT molecular complexity index is 1150. The molecule has 158 valence electrons. The van der Waals surface area contributed by atoms with E-state index < -0.39 is 11.8 Å². The van der Waals surface area contributed by atoms with Gasteiger partial charge in [-0.05, 0) is 24.6 Å². The van der Waals surface area contributed by atoms with Crippen LogP contribution in [0.3, 0.4) is 0 Å². The molecule has 0 saturated carbocycles. The third kappa shape index (κ3) is 3.98. The molecule has 0 atom stereocenters. The van der Waals surface area contributed by atoms with E-state index in [4.69, 9.17) is 23.8 Å². The number of benzene rings is 2. The van der Waals surface area contributed by atoms with Gasteiger partial charge in [-0.2, -0.15) is 0 Å². The molecular weight excluding hydrogens is 454 g/mol. The minimum Gasteiger partial charge on any atom is -0.323 e. The van der Waals surface area contributed by atoms with Crippen LogP contribution in [-0.4, -0.2) is 40.0 Å². The van der Waals surface area contributed by atoms with Crippen molar-refractivity contribution in [3.05, 3.63) is 64.0 Å². The number of amides is 3. The number of carbonyl (C=O) groups excluding carboxylic acids is 3. The van der Waals surface area contributed by atoms with Crippen LogP contribution in [0.2, 0.25) is 5.02 Å². The predicted molar refractivity (Wildman–Crippen MR) is 128 cm³/mol. The second kappa shape index (κ2) is 8.82. The molecule has 2 heterocycles. The van der Waals surface area contributed by atoms with Crippen LogP contribution in [0, 0.1) is 0 Å². The van der Waals surface area contributed by atoms with Crippen LogP contribution >= 0.6 is 35.6 Å². The normalized spacial score (nSPS) is 18.1. The first-order valence-corrected chi connectivity index (χ1v) is 11.3. The van der Waals surface area contributed by atoms with Gasteiger partial charge in [-0.3, -0.25) is 24.2 Å². The number of anilines is 2. The van der Waals surface area contributed by atoms with Gasteiger partial charge in [0, 0.05) is 12.1 Å². The summed E-state index contributed by atoms with van der Waals surface area (Å²) in [7, 11) is 0. The van der Waals surface area contributed by atoms with Crippen molar-refractivity contribution in [2.45, 2.75) is 13.3 Å². The van der Waals surface area contributed by atoms with Crippen molar-refractivity contribution < 1.29 is 14.4 Å². The average molecular weight is 472 g/mol. The van der Waals surface area contributed by atoms with E-state index in [2.05, 4.69) is 5.32 Å². The number of carbonyl (C=O) groups is 3. The Kier molecular flexibility index (Phi) is 6.13. The number of halogens is 1. The summed E-state index contributed by atoms with van der Waals surface area (Å²) in [5.74, 6) is -1.05. The summed E-state index contributed by atoms with van der Waals surface area (Å²) in [6.07, 6.45) is 0.758. The van der Waals surface area contributed by atoms with Gasteiger partial charge in [0.15, 0.2) is 0 Å². The highest BCUT2D eigenvalue weighted by Crippen LogP contribution is 2.44. The van der Waals surface area contributed by atoms with E-state index in [1.165, 1.54) is 9.80 Å². The zero-order valence-electron chi connectivity index (χ0n) is 16.6. The number of fused-ring (bicyclic) bond motifs is 1. The van der Waals surface area contributed by atoms with Crippen LogP contribution in [0.25, 0.3) is 5.57 Å². The van der Waals surface area contributed by atoms with Crippen molar-refractivity contribution in [3.63, 3.8) is 0 Å². The zero-order chi connectivity index (χ0) is 22.1. The summed E-state index contributed by atoms with van der Waals surface area (Å²) in [5.41, 5.74) is 1.96. The topological polar surface area (TPSA) is 69.7 Å². The first-order valence-electron chi connectivity index (χ1n) is 9.66. The second-order valence-corrected chi connectivity index (χ2v) is 9.02. The molecule has 1 N–H and O–H groups in total. The van der Waals surface area contributed by atoms with Gasteiger partial charge in [-0.1, -0.05) is 72.8 Å². The first kappa shape index (κ1) is 21.5. The van der Waals surface area contributed by atoms with Crippen molar-refractivity contribution in [2.75, 3.05) is 23.3 Å². The maximum Gasteiger partial charge on any atom is 0.267 e. The van der Waals surface area contributed by atoms with Gasteiger partial charge in [-0.25, -0.2) is 0 Å². The molecule has 1 fully saturated rings. The minimum atomic E-state index is -0.396. The number of hydrogen-bond donors (Lipinski definition) is 1. The lowest BCUT2D eigenvalue weighted by Gasteiger charge is -2.17. The Morgan fingerprint density at radius 3 is 2.52 bits per heavy atom. The molecule has 2 aromatic carbocycles. The van der Waals surface area contributed by atoms with E-state index in [-0.39, 0.29) is 18.0 Å². The van der Waals surface area contributed by atoms with Crippen LogP contribution < -0.4 is 10.2 Å². The maximum absolute atomic E-state index is 13.4. The summed E-state index contributed by atoms with van der Waals surface area (Å²) in [6.45, 7) is 2.25. The number of nitrogens with one attached hydrogen (secondary N) is 1. The highest BCUT2D eigenvalue weighted by Gasteiger charge is 2.42. The van der Waals surface area contributed by atoms with Crippen LogP contribution in [0.5, 0.6) is 0 Å². The fraction of sp³-hybridized carbons (Fsp3) is 0.182. The molecule has 31 heavy (non-hydrogen) atoms. The molecule has 0 spiro atoms. The van der Waals surface area contributed by atoms with Gasteiger partial charge >= 0.3 is 0 Å². The van der Waals surface area contributed by atoms with Crippen LogP contribution in [0.1, 0.15) is 18.9 Å². The van der Waals surface area contributed by atoms with Crippen molar-refractivity contribution in [1.82, 2.24) is 4.90 Å². The lowest BCUT2D eigenvalue weighted by molar-refractivity contribution is -0.122. The average Bonchev–Trinajstić information content (AvgIpc) is 3.18. The maximum atomic E-state index is 13.4. The Balaban J connectivity index is 1.66. The van der Waals surface area contributed by atoms with Gasteiger partial charge in [0.1, 0.15) is 10.9 Å². The molecule has 2 aromatic rings. The molecule has 2 aliphatic heterocycles. The molecule has 3 amide bonds. The fourth-order valence-corrected chi connectivity index (χ4v) is 5.08. The van der Waals surface area contributed by atoms with E-state index in [0.29, 0.717) is 37.7 Å². The molecule has 2 aliphatic rings. The summed E-state index contributed by atoms with van der Waals surface area (Å²) in [4.78, 5) is 42.2. The molecule has 4 rings (SSSR count). The molecule has 0 radical (unpaired) electrons. The number of thiocarbonyl (C=S) groups is 1. The summed E-state index contributed by atoms with van der Waals surface area (Å²) >= 11 is 12.6. The predicted octanol–water partition coefficient (Wildman–Crippen LogP) is 4.31. The van der Waals surface area contributed by atoms with E-state index in [1.807, 2.05) is 6.92 Å². The van der Waals surface area contributed by atoms with Crippen LogP contribution in [0.4, 0.5) is 11.4 Å². The smallest absolute Gasteiger partial charge is 0.267 e. The quantitative estimate of drug-likeness (QED) is 0.520. The SMILES string of the molecule is CCCN1C(=O)C(=C2C(=O)N(CC(=O)Nc3ccccc3Cl)c3ccccc32)SC1=S. The Morgan fingerprint density at radius 1 is 1.06 bits per heavy atom. The van der Waals surface area contributed by atoms with Gasteiger partial charge in [-0.15, -0.1) is 0 Å². The molecule has 0 aromatic heterocycles. The van der Waals surface area contributed by atoms with E-state index in [0.717, 1.165) is 18.2 Å². The largest absolute Gasteiger partial charge is 0.323 e. The minimum absolute atomic E-state index is 0.209. The molecule has 1 saturated heterocycles. The van der Waals surface area contributed by atoms with Crippen molar-refractivity contribution >= 4 is 74.6 Å². The van der Waals surface area contributed by atoms with Crippen LogP contribution in [0.15, 0.2) is 53.4 Å². The third-order valence-electron chi connectivity index (χ3n) is 4.90. The lowest BCUT2D eigenvalue weighted by Crippen LogP contribution is -2.35. The molecule has 0 unspecified atom stereocenters. The van der Waals surface area contributed by atoms with Gasteiger partial charge < -0.3 is 5.32 Å². The number of rotatable bonds is 5. The van der Waals surface area contributed by atoms with Gasteiger partial charge in [0.25, 0.3) is 11.8 Å². The number of para-hydroxylation sites is 2. The van der Waals surface area contributed by atoms with Gasteiger partial charge in [0.2, 0.25) is 5.91 Å². The highest BCUT2D eigenvalue weighted by atomic mass is 35.5. The van der Waals surface area contributed by atoms with E-state index in [9.17, 15) is 14.4 Å². The monoisotopic (exact) mass is 471 g/mol. The first-order chi connectivity index (χ1) is 14.9. The summed E-state index contributed by atoms with van der Waals surface area (Å²) in [5, 5.41) is 3.14. The fourth-order valence-electron chi connectivity index (χ4n) is 3.52. The lowest BCUT2D eigenvalue weighted by atomic mass is 10.1. The van der Waals surface area contributed by atoms with Crippen molar-refractivity contribution in [3.8, 4) is 0 Å². The van der Waals surface area contributed by atoms with E-state index in [1.54, 1.807) is 48.5 Å². The van der Waals surface area contributed by atoms with Crippen molar-refractivity contribution in [1.29, 1.82) is 0 Å². The molecule has 6 nitrogen and oxygen atoms in total. The summed E-state index contributed by atoms with van der Waals surface area (Å²) in [6, 6.07) is 14.0. The Labute approximate surface area is 194 Å². The van der Waals surface area contributed by atoms with Gasteiger partial charge in [0.05, 0.1) is 26.9 Å². The number of hydrogen-bond acceptors (Lipinski definition) is 5. The van der Waals surface area contributed by atoms with Crippen molar-refractivity contribution in [2.24, 2.45) is 0 Å². The number of thioether (sulfide) groups is 1. The summed E-state index contributed by atoms with van der Waals surface area (Å²) < 4.78 is 0.439. The second-order valence-electron chi connectivity index (χ2n) is 6.97. The third-order valence-corrected chi connectivity index (χ3v) is 6.67. The Hall–Kier alpha value is -2.68. The van der Waals surface area contributed by atoms with E-state index >= 15 is 0 Å². The Morgan fingerprint density at radius 2 is 1.77 bits per heavy atom. The number of nitrogens with zero attached hydrogens (tertiary/aromatic N) is 2. The zero-order valence-corrected chi connectivity index (χ0v) is 18.9. The molecule has 0 bridgehead atoms. The molecular formula is C22H18ClN3O3S2. The highest BCUT2D eigenvalue weighted by molar-refractivity contribution is 8.26. The van der Waals surface area contributed by atoms with Crippen LogP contribution in [-0.2, 0) is 14.4 Å². The molecule has 0 aliphatic carbocycles. The standard InChI is InChI=1S/C22H18ClN3O3S2/c1-2-11-25-21(29)19(31-22(25)30)18-13-7-3-6-10-16(13)26(20(18)28)12-17(27)24-15-9-5-4-8-14(15)23/h3-10H,2,11-12H2,1H3,(H,24,27). The molecule has 9 heteroatoms.